The Morgan fingerprint density at radius 3 is 2.57 bits per heavy atom. The largest absolute Gasteiger partial charge is 0.417 e. The molecule has 1 atom stereocenters. The molecule has 150 valence electrons. The molecule has 0 aromatic carbocycles. The number of halogens is 3. The molecule has 28 heavy (non-hydrogen) atoms. The molecule has 1 saturated heterocycles. The van der Waals surface area contributed by atoms with E-state index in [1.807, 2.05) is 0 Å². The quantitative estimate of drug-likeness (QED) is 0.797. The molecule has 0 spiro atoms. The maximum absolute atomic E-state index is 12.9. The summed E-state index contributed by atoms with van der Waals surface area (Å²) in [6, 6.07) is 1.62. The first-order valence-electron chi connectivity index (χ1n) is 9.34. The molecule has 2 aromatic heterocycles. The third-order valence-corrected chi connectivity index (χ3v) is 5.30. The van der Waals surface area contributed by atoms with E-state index in [9.17, 15) is 22.8 Å². The van der Waals surface area contributed by atoms with Crippen LogP contribution in [0.3, 0.4) is 0 Å². The lowest BCUT2D eigenvalue weighted by molar-refractivity contribution is -0.138. The number of carbonyl (C=O) groups is 1. The van der Waals surface area contributed by atoms with Gasteiger partial charge in [0.1, 0.15) is 11.9 Å². The fourth-order valence-electron chi connectivity index (χ4n) is 3.86. The summed E-state index contributed by atoms with van der Waals surface area (Å²) in [4.78, 5) is 31.3. The number of aryl methyl sites for hydroxylation is 1. The second-order valence-electron chi connectivity index (χ2n) is 7.20. The second-order valence-corrected chi connectivity index (χ2v) is 7.20. The maximum atomic E-state index is 12.9. The minimum atomic E-state index is -4.46. The Balaban J connectivity index is 1.59. The molecule has 0 saturated carbocycles. The fraction of sp³-hybridized carbons (Fsp3) is 0.556. The number of rotatable bonds is 3. The first kappa shape index (κ1) is 18.7. The SMILES string of the molecule is O=C(C1CCCc2nn(Cc3ccc(C(F)(F)F)cn3)c(=O)n21)N1CCCC1. The van der Waals surface area contributed by atoms with Crippen molar-refractivity contribution < 1.29 is 18.0 Å². The number of likely N-dealkylation sites (tertiary alicyclic amines) is 1. The fourth-order valence-corrected chi connectivity index (χ4v) is 3.86. The molecule has 0 N–H and O–H groups in total. The third kappa shape index (κ3) is 3.43. The molecule has 1 fully saturated rings. The molecule has 0 aliphatic carbocycles. The number of alkyl halides is 3. The minimum Gasteiger partial charge on any atom is -0.341 e. The van der Waals surface area contributed by atoms with E-state index in [2.05, 4.69) is 10.1 Å². The van der Waals surface area contributed by atoms with Crippen LogP contribution in [-0.2, 0) is 23.9 Å². The van der Waals surface area contributed by atoms with Gasteiger partial charge < -0.3 is 4.90 Å². The van der Waals surface area contributed by atoms with Gasteiger partial charge in [0.15, 0.2) is 0 Å². The number of nitrogens with zero attached hydrogens (tertiary/aromatic N) is 5. The van der Waals surface area contributed by atoms with E-state index in [4.69, 9.17) is 0 Å². The van der Waals surface area contributed by atoms with Crippen molar-refractivity contribution in [2.45, 2.75) is 50.9 Å². The zero-order valence-corrected chi connectivity index (χ0v) is 15.2. The van der Waals surface area contributed by atoms with Crippen molar-refractivity contribution in [1.29, 1.82) is 0 Å². The van der Waals surface area contributed by atoms with Crippen LogP contribution in [0.2, 0.25) is 0 Å². The lowest BCUT2D eigenvalue weighted by Crippen LogP contribution is -2.41. The van der Waals surface area contributed by atoms with Gasteiger partial charge in [0.2, 0.25) is 5.91 Å². The molecule has 4 heterocycles. The van der Waals surface area contributed by atoms with E-state index >= 15 is 0 Å². The summed E-state index contributed by atoms with van der Waals surface area (Å²) in [5.41, 5.74) is -0.967. The molecule has 0 bridgehead atoms. The molecule has 2 aliphatic heterocycles. The summed E-state index contributed by atoms with van der Waals surface area (Å²) in [6.45, 7) is 1.38. The highest BCUT2D eigenvalue weighted by Gasteiger charge is 2.34. The molecule has 7 nitrogen and oxygen atoms in total. The molecular formula is C18H20F3N5O2. The molecule has 10 heteroatoms. The number of hydrogen-bond acceptors (Lipinski definition) is 4. The van der Waals surface area contributed by atoms with Crippen molar-refractivity contribution >= 4 is 5.91 Å². The van der Waals surface area contributed by atoms with Gasteiger partial charge in [0, 0.05) is 25.7 Å². The summed E-state index contributed by atoms with van der Waals surface area (Å²) >= 11 is 0. The normalized spacial score (nSPS) is 19.7. The Kier molecular flexibility index (Phi) is 4.72. The van der Waals surface area contributed by atoms with Gasteiger partial charge in [-0.2, -0.15) is 18.3 Å². The lowest BCUT2D eigenvalue weighted by atomic mass is 10.0. The van der Waals surface area contributed by atoms with Crippen molar-refractivity contribution in [3.05, 3.63) is 45.9 Å². The number of amides is 1. The highest BCUT2D eigenvalue weighted by molar-refractivity contribution is 5.80. The Labute approximate surface area is 158 Å². The van der Waals surface area contributed by atoms with Crippen molar-refractivity contribution in [1.82, 2.24) is 24.2 Å². The number of carbonyl (C=O) groups excluding carboxylic acids is 1. The average molecular weight is 395 g/mol. The summed E-state index contributed by atoms with van der Waals surface area (Å²) in [5.74, 6) is 0.494. The summed E-state index contributed by atoms with van der Waals surface area (Å²) in [7, 11) is 0. The van der Waals surface area contributed by atoms with Crippen LogP contribution >= 0.6 is 0 Å². The first-order chi connectivity index (χ1) is 13.3. The lowest BCUT2D eigenvalue weighted by Gasteiger charge is -2.27. The van der Waals surface area contributed by atoms with Crippen molar-refractivity contribution in [2.75, 3.05) is 13.1 Å². The first-order valence-corrected chi connectivity index (χ1v) is 9.34. The molecule has 0 radical (unpaired) electrons. The molecule has 2 aliphatic rings. The smallest absolute Gasteiger partial charge is 0.341 e. The second kappa shape index (κ2) is 7.06. The van der Waals surface area contributed by atoms with E-state index in [1.165, 1.54) is 15.3 Å². The molecule has 1 amide bonds. The third-order valence-electron chi connectivity index (χ3n) is 5.30. The van der Waals surface area contributed by atoms with E-state index < -0.39 is 23.5 Å². The minimum absolute atomic E-state index is 0.0401. The van der Waals surface area contributed by atoms with Gasteiger partial charge >= 0.3 is 11.9 Å². The Bertz CT molecular complexity index is 926. The van der Waals surface area contributed by atoms with Gasteiger partial charge in [0.25, 0.3) is 0 Å². The summed E-state index contributed by atoms with van der Waals surface area (Å²) < 4.78 is 40.6. The Hall–Kier alpha value is -2.65. The standard InChI is InChI=1S/C18H20F3N5O2/c19-18(20,21)12-6-7-13(22-10-12)11-25-17(28)26-14(4-3-5-15(26)23-25)16(27)24-8-1-2-9-24/h6-7,10,14H,1-5,8-9,11H2. The number of pyridine rings is 1. The van der Waals surface area contributed by atoms with Crippen LogP contribution < -0.4 is 5.69 Å². The highest BCUT2D eigenvalue weighted by Crippen LogP contribution is 2.28. The monoisotopic (exact) mass is 395 g/mol. The zero-order valence-electron chi connectivity index (χ0n) is 15.2. The number of hydrogen-bond donors (Lipinski definition) is 0. The number of aromatic nitrogens is 4. The van der Waals surface area contributed by atoms with E-state index in [-0.39, 0.29) is 12.5 Å². The summed E-state index contributed by atoms with van der Waals surface area (Å²) in [5, 5.41) is 4.31. The predicted octanol–water partition coefficient (Wildman–Crippen LogP) is 2.01. The average Bonchev–Trinajstić information content (AvgIpc) is 3.30. The van der Waals surface area contributed by atoms with Crippen molar-refractivity contribution in [3.63, 3.8) is 0 Å². The topological polar surface area (TPSA) is 73.0 Å². The van der Waals surface area contributed by atoms with Gasteiger partial charge in [-0.3, -0.25) is 14.3 Å². The van der Waals surface area contributed by atoms with Crippen LogP contribution in [0.25, 0.3) is 0 Å². The van der Waals surface area contributed by atoms with Gasteiger partial charge in [0.05, 0.1) is 17.8 Å². The van der Waals surface area contributed by atoms with Crippen LogP contribution in [0.1, 0.15) is 48.8 Å². The molecule has 4 rings (SSSR count). The van der Waals surface area contributed by atoms with E-state index in [0.29, 0.717) is 37.4 Å². The van der Waals surface area contributed by atoms with Crippen molar-refractivity contribution in [2.24, 2.45) is 0 Å². The Morgan fingerprint density at radius 2 is 1.93 bits per heavy atom. The zero-order chi connectivity index (χ0) is 19.9. The highest BCUT2D eigenvalue weighted by atomic mass is 19.4. The molecular weight excluding hydrogens is 375 g/mol. The van der Waals surface area contributed by atoms with Crippen LogP contribution in [-0.4, -0.2) is 43.2 Å². The summed E-state index contributed by atoms with van der Waals surface area (Å²) in [6.07, 6.45) is 0.172. The Morgan fingerprint density at radius 1 is 1.18 bits per heavy atom. The number of fused-ring (bicyclic) bond motifs is 1. The maximum Gasteiger partial charge on any atom is 0.417 e. The van der Waals surface area contributed by atoms with Crippen LogP contribution in [0.5, 0.6) is 0 Å². The van der Waals surface area contributed by atoms with Crippen molar-refractivity contribution in [3.8, 4) is 0 Å². The molecule has 1 unspecified atom stereocenters. The predicted molar refractivity (Wildman–Crippen MR) is 92.6 cm³/mol. The van der Waals surface area contributed by atoms with E-state index in [0.717, 1.165) is 31.5 Å². The van der Waals surface area contributed by atoms with Crippen LogP contribution in [0.4, 0.5) is 13.2 Å². The van der Waals surface area contributed by atoms with Gasteiger partial charge in [-0.1, -0.05) is 0 Å². The van der Waals surface area contributed by atoms with Gasteiger partial charge in [-0.15, -0.1) is 0 Å². The van der Waals surface area contributed by atoms with Crippen LogP contribution in [0.15, 0.2) is 23.1 Å². The van der Waals surface area contributed by atoms with Gasteiger partial charge in [-0.05, 0) is 37.8 Å². The van der Waals surface area contributed by atoms with Gasteiger partial charge in [-0.25, -0.2) is 9.48 Å². The molecule has 2 aromatic rings. The van der Waals surface area contributed by atoms with E-state index in [1.54, 1.807) is 4.90 Å². The van der Waals surface area contributed by atoms with Crippen LogP contribution in [0, 0.1) is 0 Å².